The maximum absolute atomic E-state index is 5.98. The highest BCUT2D eigenvalue weighted by Gasteiger charge is 2.22. The second-order valence-electron chi connectivity index (χ2n) is 6.71. The highest BCUT2D eigenvalue weighted by atomic mass is 127. The third-order valence-corrected chi connectivity index (χ3v) is 4.54. The van der Waals surface area contributed by atoms with Crippen LogP contribution in [-0.4, -0.2) is 33.3 Å². The number of rotatable bonds is 9. The number of halogens is 1. The van der Waals surface area contributed by atoms with Crippen LogP contribution in [-0.2, 0) is 6.54 Å². The van der Waals surface area contributed by atoms with Gasteiger partial charge in [0.15, 0.2) is 17.5 Å². The summed E-state index contributed by atoms with van der Waals surface area (Å²) >= 11 is 0. The van der Waals surface area contributed by atoms with Gasteiger partial charge in [0, 0.05) is 30.9 Å². The van der Waals surface area contributed by atoms with Crippen LogP contribution in [0.5, 0.6) is 17.2 Å². The highest BCUT2D eigenvalue weighted by molar-refractivity contribution is 14.0. The van der Waals surface area contributed by atoms with Crippen molar-refractivity contribution >= 4 is 35.6 Å². The Morgan fingerprint density at radius 1 is 1.07 bits per heavy atom. The summed E-state index contributed by atoms with van der Waals surface area (Å²) < 4.78 is 17.0. The summed E-state index contributed by atoms with van der Waals surface area (Å²) in [5, 5.41) is 6.63. The molecular weight excluding hydrogens is 481 g/mol. The van der Waals surface area contributed by atoms with Gasteiger partial charge >= 0.3 is 0 Å². The van der Waals surface area contributed by atoms with Crippen molar-refractivity contribution in [1.29, 1.82) is 0 Å². The summed E-state index contributed by atoms with van der Waals surface area (Å²) in [6.45, 7) is 3.96. The van der Waals surface area contributed by atoms with Crippen molar-refractivity contribution in [3.8, 4) is 17.2 Å². The molecule has 0 aromatic heterocycles. The lowest BCUT2D eigenvalue weighted by atomic mass is 10.2. The molecule has 0 amide bonds. The van der Waals surface area contributed by atoms with E-state index in [0.717, 1.165) is 35.3 Å². The van der Waals surface area contributed by atoms with Crippen molar-refractivity contribution in [2.24, 2.45) is 10.9 Å². The lowest BCUT2D eigenvalue weighted by Crippen LogP contribution is -2.30. The van der Waals surface area contributed by atoms with Crippen molar-refractivity contribution in [3.05, 3.63) is 48.0 Å². The Balaban J connectivity index is 0.00000300. The second-order valence-corrected chi connectivity index (χ2v) is 6.71. The molecule has 2 aromatic rings. The minimum Gasteiger partial charge on any atom is -0.493 e. The predicted molar refractivity (Wildman–Crippen MR) is 128 cm³/mol. The lowest BCUT2D eigenvalue weighted by molar-refractivity contribution is 0.296. The number of nitrogens with one attached hydrogen (secondary N) is 2. The molecule has 2 aromatic carbocycles. The fraction of sp³-hybridized carbons (Fsp3) is 0.409. The number of ether oxygens (including phenoxy) is 3. The Morgan fingerprint density at radius 2 is 1.86 bits per heavy atom. The third kappa shape index (κ3) is 6.99. The van der Waals surface area contributed by atoms with Gasteiger partial charge in [-0.3, -0.25) is 4.99 Å². The molecule has 0 heterocycles. The van der Waals surface area contributed by atoms with Crippen LogP contribution in [0.1, 0.15) is 25.3 Å². The summed E-state index contributed by atoms with van der Waals surface area (Å²) in [6, 6.07) is 13.8. The molecule has 3 rings (SSSR count). The number of para-hydroxylation sites is 1. The first-order valence-electron chi connectivity index (χ1n) is 9.72. The predicted octanol–water partition coefficient (Wildman–Crippen LogP) is 4.69. The van der Waals surface area contributed by atoms with Crippen molar-refractivity contribution in [1.82, 2.24) is 5.32 Å². The first-order chi connectivity index (χ1) is 13.7. The first kappa shape index (κ1) is 23.1. The molecule has 0 aliphatic heterocycles. The zero-order valence-electron chi connectivity index (χ0n) is 17.2. The minimum atomic E-state index is 0. The molecule has 7 heteroatoms. The molecule has 1 aliphatic carbocycles. The average molecular weight is 511 g/mol. The van der Waals surface area contributed by atoms with E-state index in [1.54, 1.807) is 14.2 Å². The zero-order valence-corrected chi connectivity index (χ0v) is 19.6. The van der Waals surface area contributed by atoms with Gasteiger partial charge in [-0.25, -0.2) is 0 Å². The normalized spacial score (nSPS) is 13.3. The van der Waals surface area contributed by atoms with Crippen LogP contribution in [0.25, 0.3) is 0 Å². The van der Waals surface area contributed by atoms with Gasteiger partial charge in [0.25, 0.3) is 0 Å². The van der Waals surface area contributed by atoms with Gasteiger partial charge in [0.05, 0.1) is 20.3 Å². The molecular formula is C22H30IN3O3. The van der Waals surface area contributed by atoms with Crippen molar-refractivity contribution in [3.63, 3.8) is 0 Å². The Labute approximate surface area is 190 Å². The molecule has 1 fully saturated rings. The quantitative estimate of drug-likeness (QED) is 0.291. The zero-order chi connectivity index (χ0) is 19.8. The molecule has 0 unspecified atom stereocenters. The largest absolute Gasteiger partial charge is 0.493 e. The molecule has 1 aliphatic rings. The van der Waals surface area contributed by atoms with Gasteiger partial charge in [0.2, 0.25) is 0 Å². The maximum atomic E-state index is 5.98. The molecule has 0 bridgehead atoms. The SMILES string of the molecule is CCOc1ccc(NC(=NC)NCc2ccccc2OCC2CC2)cc1OC.I. The van der Waals surface area contributed by atoms with Crippen LogP contribution in [0, 0.1) is 5.92 Å². The minimum absolute atomic E-state index is 0. The van der Waals surface area contributed by atoms with E-state index >= 15 is 0 Å². The average Bonchev–Trinajstić information content (AvgIpc) is 3.55. The molecule has 0 saturated heterocycles. The first-order valence-corrected chi connectivity index (χ1v) is 9.72. The summed E-state index contributed by atoms with van der Waals surface area (Å²) in [4.78, 5) is 4.31. The van der Waals surface area contributed by atoms with E-state index in [9.17, 15) is 0 Å². The number of methoxy groups -OCH3 is 1. The van der Waals surface area contributed by atoms with Crippen LogP contribution >= 0.6 is 24.0 Å². The Bertz CT molecular complexity index is 810. The van der Waals surface area contributed by atoms with Crippen LogP contribution < -0.4 is 24.8 Å². The van der Waals surface area contributed by atoms with E-state index in [4.69, 9.17) is 14.2 Å². The van der Waals surface area contributed by atoms with E-state index < -0.39 is 0 Å². The Hall–Kier alpha value is -2.16. The Morgan fingerprint density at radius 3 is 2.55 bits per heavy atom. The van der Waals surface area contributed by atoms with Gasteiger partial charge in [-0.05, 0) is 43.9 Å². The molecule has 1 saturated carbocycles. The molecule has 0 radical (unpaired) electrons. The third-order valence-electron chi connectivity index (χ3n) is 4.54. The van der Waals surface area contributed by atoms with Crippen LogP contribution in [0.2, 0.25) is 0 Å². The molecule has 158 valence electrons. The fourth-order valence-electron chi connectivity index (χ4n) is 2.80. The number of anilines is 1. The summed E-state index contributed by atoms with van der Waals surface area (Å²) in [7, 11) is 3.38. The fourth-order valence-corrected chi connectivity index (χ4v) is 2.80. The topological polar surface area (TPSA) is 64.1 Å². The highest BCUT2D eigenvalue weighted by Crippen LogP contribution is 2.31. The number of aliphatic imine (C=N–C) groups is 1. The number of hydrogen-bond acceptors (Lipinski definition) is 4. The summed E-state index contributed by atoms with van der Waals surface area (Å²) in [5.41, 5.74) is 1.97. The number of hydrogen-bond donors (Lipinski definition) is 2. The molecule has 0 spiro atoms. The summed E-state index contributed by atoms with van der Waals surface area (Å²) in [6.07, 6.45) is 2.56. The molecule has 6 nitrogen and oxygen atoms in total. The van der Waals surface area contributed by atoms with Crippen LogP contribution in [0.15, 0.2) is 47.5 Å². The van der Waals surface area contributed by atoms with Crippen molar-refractivity contribution < 1.29 is 14.2 Å². The van der Waals surface area contributed by atoms with Crippen LogP contribution in [0.3, 0.4) is 0 Å². The lowest BCUT2D eigenvalue weighted by Gasteiger charge is -2.16. The Kier molecular flexibility index (Phi) is 9.37. The van der Waals surface area contributed by atoms with Gasteiger partial charge < -0.3 is 24.8 Å². The monoisotopic (exact) mass is 511 g/mol. The second kappa shape index (κ2) is 11.7. The maximum Gasteiger partial charge on any atom is 0.195 e. The number of benzene rings is 2. The number of guanidine groups is 1. The van der Waals surface area contributed by atoms with E-state index in [0.29, 0.717) is 24.9 Å². The standard InChI is InChI=1S/C22H29N3O3.HI/c1-4-27-20-12-11-18(13-21(20)26-3)25-22(23-2)24-14-17-7-5-6-8-19(17)28-15-16-9-10-16;/h5-8,11-13,16H,4,9-10,14-15H2,1-3H3,(H2,23,24,25);1H. The molecule has 2 N–H and O–H groups in total. The van der Waals surface area contributed by atoms with Crippen molar-refractivity contribution in [2.45, 2.75) is 26.3 Å². The molecule has 0 atom stereocenters. The molecule has 29 heavy (non-hydrogen) atoms. The van der Waals surface area contributed by atoms with Gasteiger partial charge in [-0.15, -0.1) is 24.0 Å². The van der Waals surface area contributed by atoms with Gasteiger partial charge in [0.1, 0.15) is 5.75 Å². The van der Waals surface area contributed by atoms with Crippen LogP contribution in [0.4, 0.5) is 5.69 Å². The van der Waals surface area contributed by atoms with Crippen molar-refractivity contribution in [2.75, 3.05) is 32.7 Å². The van der Waals surface area contributed by atoms with Gasteiger partial charge in [-0.2, -0.15) is 0 Å². The van der Waals surface area contributed by atoms with E-state index in [2.05, 4.69) is 21.7 Å². The summed E-state index contributed by atoms with van der Waals surface area (Å²) in [5.74, 6) is 3.73. The van der Waals surface area contributed by atoms with E-state index in [1.165, 1.54) is 12.8 Å². The smallest absolute Gasteiger partial charge is 0.195 e. The van der Waals surface area contributed by atoms with Gasteiger partial charge in [-0.1, -0.05) is 18.2 Å². The number of nitrogens with zero attached hydrogens (tertiary/aromatic N) is 1. The van der Waals surface area contributed by atoms with E-state index in [1.807, 2.05) is 43.3 Å². The van der Waals surface area contributed by atoms with E-state index in [-0.39, 0.29) is 24.0 Å².